The van der Waals surface area contributed by atoms with E-state index in [1.165, 1.54) is 17.4 Å². The molecule has 1 amide bonds. The average Bonchev–Trinajstić information content (AvgIpc) is 3.53. The van der Waals surface area contributed by atoms with Crippen LogP contribution in [0.3, 0.4) is 0 Å². The van der Waals surface area contributed by atoms with Gasteiger partial charge in [-0.2, -0.15) is 4.99 Å². The number of benzene rings is 3. The lowest BCUT2D eigenvalue weighted by Crippen LogP contribution is -2.33. The van der Waals surface area contributed by atoms with Crippen molar-refractivity contribution in [1.29, 1.82) is 0 Å². The van der Waals surface area contributed by atoms with Gasteiger partial charge in [0.1, 0.15) is 18.1 Å². The molecule has 0 bridgehead atoms. The summed E-state index contributed by atoms with van der Waals surface area (Å²) in [5, 5.41) is 0. The van der Waals surface area contributed by atoms with Gasteiger partial charge in [-0.3, -0.25) is 14.3 Å². The largest absolute Gasteiger partial charge is 0.491 e. The van der Waals surface area contributed by atoms with Crippen molar-refractivity contribution in [1.82, 2.24) is 14.5 Å². The molecule has 1 aliphatic heterocycles. The fourth-order valence-electron chi connectivity index (χ4n) is 6.69. The molecule has 0 saturated heterocycles. The summed E-state index contributed by atoms with van der Waals surface area (Å²) in [6, 6.07) is 23.4. The predicted molar refractivity (Wildman–Crippen MR) is 240 cm³/mol. The number of hydrogen-bond donors (Lipinski definition) is 0. The molecule has 0 radical (unpaired) electrons. The molecular formula is C47H56FN5O5SSi. The normalized spacial score (nSPS) is 13.3. The van der Waals surface area contributed by atoms with Crippen LogP contribution in [-0.2, 0) is 35.6 Å². The molecule has 60 heavy (non-hydrogen) atoms. The van der Waals surface area contributed by atoms with E-state index < -0.39 is 25.5 Å². The topological polar surface area (TPSA) is 98.5 Å². The van der Waals surface area contributed by atoms with Crippen LogP contribution < -0.4 is 14.4 Å². The average molecular weight is 850 g/mol. The van der Waals surface area contributed by atoms with E-state index in [0.717, 1.165) is 27.4 Å². The highest BCUT2D eigenvalue weighted by Crippen LogP contribution is 2.29. The number of esters is 1. The summed E-state index contributed by atoms with van der Waals surface area (Å²) in [4.78, 5) is 41.9. The maximum Gasteiger partial charge on any atom is 0.357 e. The fraction of sp³-hybridized carbons (Fsp3) is 0.404. The lowest BCUT2D eigenvalue weighted by atomic mass is 9.94. The third-order valence-electron chi connectivity index (χ3n) is 9.79. The molecule has 0 unspecified atom stereocenters. The first kappa shape index (κ1) is 44.4. The zero-order valence-corrected chi connectivity index (χ0v) is 37.9. The summed E-state index contributed by atoms with van der Waals surface area (Å²) in [5.74, 6) is 5.41. The Morgan fingerprint density at radius 1 is 1.02 bits per heavy atom. The molecule has 3 heterocycles. The van der Waals surface area contributed by atoms with Crippen molar-refractivity contribution in [3.8, 4) is 17.6 Å². The molecular weight excluding hydrogens is 794 g/mol. The molecule has 0 atom stereocenters. The van der Waals surface area contributed by atoms with Crippen molar-refractivity contribution in [3.05, 3.63) is 117 Å². The Kier molecular flexibility index (Phi) is 14.4. The Balaban J connectivity index is 1.20. The highest BCUT2D eigenvalue weighted by atomic mass is 32.1. The number of hydrogen-bond acceptors (Lipinski definition) is 9. The second-order valence-corrected chi connectivity index (χ2v) is 24.1. The van der Waals surface area contributed by atoms with Crippen LogP contribution in [0, 0.1) is 17.7 Å². The van der Waals surface area contributed by atoms with E-state index in [1.807, 2.05) is 92.9 Å². The van der Waals surface area contributed by atoms with Gasteiger partial charge in [-0.1, -0.05) is 73.2 Å². The molecule has 13 heteroatoms. The number of aromatic nitrogens is 2. The molecule has 6 rings (SSSR count). The molecule has 0 fully saturated rings. The molecule has 0 N–H and O–H groups in total. The van der Waals surface area contributed by atoms with Crippen LogP contribution in [0.15, 0.2) is 77.8 Å². The summed E-state index contributed by atoms with van der Waals surface area (Å²) < 4.78 is 35.6. The molecule has 2 aromatic heterocycles. The molecule has 10 nitrogen and oxygen atoms in total. The summed E-state index contributed by atoms with van der Waals surface area (Å²) >= 11 is 1.47. The van der Waals surface area contributed by atoms with Gasteiger partial charge in [0.05, 0.1) is 23.4 Å². The number of thiazole rings is 1. The van der Waals surface area contributed by atoms with Gasteiger partial charge in [-0.05, 0) is 119 Å². The minimum atomic E-state index is -1.27. The number of fused-ring (bicyclic) bond motifs is 2. The third kappa shape index (κ3) is 12.0. The Labute approximate surface area is 358 Å². The Morgan fingerprint density at radius 3 is 2.57 bits per heavy atom. The van der Waals surface area contributed by atoms with Crippen LogP contribution >= 0.6 is 11.3 Å². The van der Waals surface area contributed by atoms with Gasteiger partial charge in [0, 0.05) is 38.9 Å². The van der Waals surface area contributed by atoms with Crippen LogP contribution in [0.25, 0.3) is 10.2 Å². The van der Waals surface area contributed by atoms with Crippen LogP contribution in [-0.4, -0.2) is 80.4 Å². The number of carbonyl (C=O) groups is 2. The second kappa shape index (κ2) is 19.5. The van der Waals surface area contributed by atoms with Gasteiger partial charge < -0.3 is 19.1 Å². The summed E-state index contributed by atoms with van der Waals surface area (Å²) in [7, 11) is 2.58. The molecule has 316 valence electrons. The first-order valence-corrected chi connectivity index (χ1v) is 25.0. The summed E-state index contributed by atoms with van der Waals surface area (Å²) in [5.41, 5.74) is 4.26. The highest BCUT2D eigenvalue weighted by Gasteiger charge is 2.27. The first-order chi connectivity index (χ1) is 28.5. The molecule has 1 aliphatic rings. The Bertz CT molecular complexity index is 2470. The second-order valence-electron chi connectivity index (χ2n) is 17.5. The molecule has 0 saturated carbocycles. The standard InChI is InChI=1S/C47H56FN5O5SSi/c1-47(2,3)58-45(55)43-35(16-13-27-57-40-22-20-33(30-38(40)48)14-12-25-51(4)5)21-23-42(49-43)52-26-24-34-15-11-17-36(37(34)31-52)44(54)50-46-53(32-56-28-29-60(6,7)8)39-18-9-10-19-41(39)59-46/h9-11,15,17-23,30H,13,16,24-29,31-32H2,1-8H3/b50-46+. The number of ether oxygens (including phenoxy) is 3. The molecule has 3 aromatic carbocycles. The highest BCUT2D eigenvalue weighted by molar-refractivity contribution is 7.16. The van der Waals surface area contributed by atoms with E-state index in [2.05, 4.69) is 42.4 Å². The van der Waals surface area contributed by atoms with Gasteiger partial charge in [0.15, 0.2) is 22.1 Å². The molecule has 0 aliphatic carbocycles. The lowest BCUT2D eigenvalue weighted by Gasteiger charge is -2.31. The number of nitrogens with zero attached hydrogens (tertiary/aromatic N) is 5. The number of halogens is 1. The van der Waals surface area contributed by atoms with Crippen LogP contribution in [0.1, 0.15) is 70.3 Å². The number of aryl methyl sites for hydroxylation is 1. The van der Waals surface area contributed by atoms with Crippen LogP contribution in [0.5, 0.6) is 5.75 Å². The Hall–Kier alpha value is -5.13. The minimum absolute atomic E-state index is 0.148. The molecule has 0 spiro atoms. The van der Waals surface area contributed by atoms with E-state index in [9.17, 15) is 14.0 Å². The van der Waals surface area contributed by atoms with Crippen molar-refractivity contribution in [2.45, 2.75) is 84.6 Å². The van der Waals surface area contributed by atoms with E-state index in [-0.39, 0.29) is 24.0 Å². The van der Waals surface area contributed by atoms with Gasteiger partial charge in [0.25, 0.3) is 5.91 Å². The minimum Gasteiger partial charge on any atom is -0.491 e. The summed E-state index contributed by atoms with van der Waals surface area (Å²) in [6.07, 6.45) is 1.66. The van der Waals surface area contributed by atoms with E-state index in [4.69, 9.17) is 24.2 Å². The monoisotopic (exact) mass is 849 g/mol. The maximum absolute atomic E-state index is 14.8. The third-order valence-corrected chi connectivity index (χ3v) is 12.6. The first-order valence-electron chi connectivity index (χ1n) is 20.4. The lowest BCUT2D eigenvalue weighted by molar-refractivity contribution is 0.00613. The number of para-hydroxylation sites is 1. The number of pyridine rings is 1. The van der Waals surface area contributed by atoms with Crippen molar-refractivity contribution in [3.63, 3.8) is 0 Å². The van der Waals surface area contributed by atoms with Gasteiger partial charge in [-0.25, -0.2) is 14.2 Å². The van der Waals surface area contributed by atoms with E-state index in [1.54, 1.807) is 12.1 Å². The van der Waals surface area contributed by atoms with Crippen molar-refractivity contribution in [2.75, 3.05) is 45.3 Å². The number of carbonyl (C=O) groups excluding carboxylic acids is 2. The quantitative estimate of drug-likeness (QED) is 0.0474. The van der Waals surface area contributed by atoms with Gasteiger partial charge >= 0.3 is 5.97 Å². The van der Waals surface area contributed by atoms with Crippen molar-refractivity contribution in [2.24, 2.45) is 4.99 Å². The van der Waals surface area contributed by atoms with Gasteiger partial charge in [0.2, 0.25) is 0 Å². The predicted octanol–water partition coefficient (Wildman–Crippen LogP) is 8.73. The molecule has 5 aromatic rings. The number of anilines is 1. The van der Waals surface area contributed by atoms with Crippen molar-refractivity contribution < 1.29 is 28.2 Å². The zero-order chi connectivity index (χ0) is 43.0. The van der Waals surface area contributed by atoms with Crippen molar-refractivity contribution >= 4 is 47.3 Å². The SMILES string of the molecule is CN(C)CC#Cc1ccc(OCCCc2ccc(N3CCc4cccc(C(=O)/N=c5/sc6ccccc6n5COCC[Si](C)(C)C)c4C3)nc2C(=O)OC(C)(C)C)c(F)c1. The van der Waals surface area contributed by atoms with Crippen LogP contribution in [0.2, 0.25) is 25.7 Å². The fourth-order valence-corrected chi connectivity index (χ4v) is 8.46. The van der Waals surface area contributed by atoms with E-state index >= 15 is 0 Å². The Morgan fingerprint density at radius 2 is 1.82 bits per heavy atom. The smallest absolute Gasteiger partial charge is 0.357 e. The summed E-state index contributed by atoms with van der Waals surface area (Å²) in [6.45, 7) is 15.3. The van der Waals surface area contributed by atoms with Crippen LogP contribution in [0.4, 0.5) is 10.2 Å². The number of amides is 1. The van der Waals surface area contributed by atoms with Gasteiger partial charge in [-0.15, -0.1) is 0 Å². The zero-order valence-electron chi connectivity index (χ0n) is 36.1. The van der Waals surface area contributed by atoms with E-state index in [0.29, 0.717) is 79.5 Å². The maximum atomic E-state index is 14.8. The number of rotatable bonds is 14.